The molecule has 1 atom stereocenters. The van der Waals surface area contributed by atoms with Gasteiger partial charge in [0.25, 0.3) is 0 Å². The molecule has 0 spiro atoms. The Morgan fingerprint density at radius 3 is 2.88 bits per heavy atom. The van der Waals surface area contributed by atoms with Gasteiger partial charge in [-0.25, -0.2) is 9.18 Å². The molecule has 3 nitrogen and oxygen atoms in total. The standard InChI is InChI=1S/C13H16FNO2/c14-9-12-7-4-8-15(12)13(16)17-10-11-5-2-1-3-6-11/h1-3,5-6,12H,4,7-10H2/t12-/m0/s1. The number of carbonyl (C=O) groups is 1. The second-order valence-corrected chi connectivity index (χ2v) is 4.18. The molecule has 1 aromatic rings. The minimum absolute atomic E-state index is 0.245. The average molecular weight is 237 g/mol. The Balaban J connectivity index is 1.85. The van der Waals surface area contributed by atoms with Crippen LogP contribution < -0.4 is 0 Å². The Morgan fingerprint density at radius 2 is 2.18 bits per heavy atom. The van der Waals surface area contributed by atoms with Crippen molar-refractivity contribution >= 4 is 6.09 Å². The first-order valence-corrected chi connectivity index (χ1v) is 5.84. The Labute approximate surface area is 100 Å². The molecule has 1 aliphatic rings. The van der Waals surface area contributed by atoms with Crippen molar-refractivity contribution in [1.82, 2.24) is 4.90 Å². The minimum Gasteiger partial charge on any atom is -0.445 e. The van der Waals surface area contributed by atoms with E-state index in [4.69, 9.17) is 4.74 Å². The van der Waals surface area contributed by atoms with Crippen LogP contribution in [0.1, 0.15) is 18.4 Å². The normalized spacial score (nSPS) is 19.4. The van der Waals surface area contributed by atoms with Crippen molar-refractivity contribution in [2.24, 2.45) is 0 Å². The summed E-state index contributed by atoms with van der Waals surface area (Å²) in [4.78, 5) is 13.2. The third-order valence-corrected chi connectivity index (χ3v) is 2.99. The molecular weight excluding hydrogens is 221 g/mol. The number of alkyl halides is 1. The van der Waals surface area contributed by atoms with Gasteiger partial charge in [-0.3, -0.25) is 0 Å². The fraction of sp³-hybridized carbons (Fsp3) is 0.462. The molecule has 0 bridgehead atoms. The van der Waals surface area contributed by atoms with Crippen LogP contribution in [0.2, 0.25) is 0 Å². The second kappa shape index (κ2) is 5.66. The van der Waals surface area contributed by atoms with Crippen LogP contribution in [-0.2, 0) is 11.3 Å². The lowest BCUT2D eigenvalue weighted by Crippen LogP contribution is -2.37. The lowest BCUT2D eigenvalue weighted by molar-refractivity contribution is 0.0878. The minimum atomic E-state index is -0.486. The van der Waals surface area contributed by atoms with Crippen LogP contribution in [0.15, 0.2) is 30.3 Å². The van der Waals surface area contributed by atoms with Crippen LogP contribution in [0.5, 0.6) is 0 Å². The molecule has 1 heterocycles. The zero-order valence-corrected chi connectivity index (χ0v) is 9.64. The van der Waals surface area contributed by atoms with Crippen molar-refractivity contribution in [3.63, 3.8) is 0 Å². The Kier molecular flexibility index (Phi) is 3.96. The van der Waals surface area contributed by atoms with E-state index in [1.807, 2.05) is 30.3 Å². The quantitative estimate of drug-likeness (QED) is 0.809. The Hall–Kier alpha value is -1.58. The number of likely N-dealkylation sites (tertiary alicyclic amines) is 1. The maximum Gasteiger partial charge on any atom is 0.410 e. The van der Waals surface area contributed by atoms with Crippen LogP contribution in [0.25, 0.3) is 0 Å². The first-order chi connectivity index (χ1) is 8.31. The molecule has 1 saturated heterocycles. The molecule has 92 valence electrons. The molecule has 4 heteroatoms. The van der Waals surface area contributed by atoms with Gasteiger partial charge in [0.2, 0.25) is 0 Å². The average Bonchev–Trinajstić information content (AvgIpc) is 2.85. The third kappa shape index (κ3) is 2.96. The first-order valence-electron chi connectivity index (χ1n) is 5.84. The van der Waals surface area contributed by atoms with Crippen LogP contribution in [0.3, 0.4) is 0 Å². The zero-order valence-electron chi connectivity index (χ0n) is 9.64. The van der Waals surface area contributed by atoms with E-state index in [1.54, 1.807) is 0 Å². The van der Waals surface area contributed by atoms with Gasteiger partial charge in [-0.2, -0.15) is 0 Å². The molecule has 17 heavy (non-hydrogen) atoms. The summed E-state index contributed by atoms with van der Waals surface area (Å²) >= 11 is 0. The number of amides is 1. The highest BCUT2D eigenvalue weighted by molar-refractivity contribution is 5.68. The highest BCUT2D eigenvalue weighted by atomic mass is 19.1. The van der Waals surface area contributed by atoms with E-state index in [9.17, 15) is 9.18 Å². The van der Waals surface area contributed by atoms with E-state index in [1.165, 1.54) is 4.90 Å². The van der Waals surface area contributed by atoms with Crippen molar-refractivity contribution in [2.75, 3.05) is 13.2 Å². The highest BCUT2D eigenvalue weighted by Gasteiger charge is 2.29. The molecule has 0 aliphatic carbocycles. The number of halogens is 1. The second-order valence-electron chi connectivity index (χ2n) is 4.18. The van der Waals surface area contributed by atoms with Gasteiger partial charge in [-0.15, -0.1) is 0 Å². The smallest absolute Gasteiger partial charge is 0.410 e. The monoisotopic (exact) mass is 237 g/mol. The maximum absolute atomic E-state index is 12.6. The first kappa shape index (κ1) is 11.9. The molecule has 0 radical (unpaired) electrons. The van der Waals surface area contributed by atoms with Gasteiger partial charge in [-0.05, 0) is 18.4 Å². The Morgan fingerprint density at radius 1 is 1.41 bits per heavy atom. The van der Waals surface area contributed by atoms with Gasteiger partial charge in [0.15, 0.2) is 0 Å². The molecule has 1 amide bonds. The largest absolute Gasteiger partial charge is 0.445 e. The molecule has 0 N–H and O–H groups in total. The number of hydrogen-bond donors (Lipinski definition) is 0. The summed E-state index contributed by atoms with van der Waals surface area (Å²) in [6.07, 6.45) is 1.18. The van der Waals surface area contributed by atoms with E-state index >= 15 is 0 Å². The number of benzene rings is 1. The molecular formula is C13H16FNO2. The fourth-order valence-electron chi connectivity index (χ4n) is 2.04. The lowest BCUT2D eigenvalue weighted by Gasteiger charge is -2.21. The molecule has 1 fully saturated rings. The number of nitrogens with zero attached hydrogens (tertiary/aromatic N) is 1. The van der Waals surface area contributed by atoms with Gasteiger partial charge in [-0.1, -0.05) is 30.3 Å². The van der Waals surface area contributed by atoms with E-state index in [0.717, 1.165) is 18.4 Å². The zero-order chi connectivity index (χ0) is 12.1. The summed E-state index contributed by atoms with van der Waals surface area (Å²) in [5.41, 5.74) is 0.942. The molecule has 2 rings (SSSR count). The van der Waals surface area contributed by atoms with E-state index in [0.29, 0.717) is 6.54 Å². The van der Waals surface area contributed by atoms with Gasteiger partial charge < -0.3 is 9.64 Å². The summed E-state index contributed by atoms with van der Waals surface area (Å²) in [6, 6.07) is 9.18. The van der Waals surface area contributed by atoms with E-state index in [2.05, 4.69) is 0 Å². The predicted octanol–water partition coefficient (Wildman–Crippen LogP) is 2.76. The number of carbonyl (C=O) groups excluding carboxylic acids is 1. The topological polar surface area (TPSA) is 29.5 Å². The van der Waals surface area contributed by atoms with Crippen LogP contribution in [0, 0.1) is 0 Å². The van der Waals surface area contributed by atoms with Crippen molar-refractivity contribution in [3.8, 4) is 0 Å². The molecule has 1 aromatic carbocycles. The van der Waals surface area contributed by atoms with Gasteiger partial charge >= 0.3 is 6.09 Å². The predicted molar refractivity (Wildman–Crippen MR) is 62.3 cm³/mol. The summed E-state index contributed by atoms with van der Waals surface area (Å²) in [5, 5.41) is 0. The Bertz CT molecular complexity index is 369. The number of hydrogen-bond acceptors (Lipinski definition) is 2. The molecule has 0 unspecified atom stereocenters. The summed E-state index contributed by atoms with van der Waals surface area (Å²) in [6.45, 7) is 0.359. The summed E-state index contributed by atoms with van der Waals surface area (Å²) in [7, 11) is 0. The van der Waals surface area contributed by atoms with Gasteiger partial charge in [0.1, 0.15) is 13.3 Å². The van der Waals surface area contributed by atoms with Crippen LogP contribution in [-0.4, -0.2) is 30.3 Å². The summed E-state index contributed by atoms with van der Waals surface area (Å²) in [5.74, 6) is 0. The fourth-order valence-corrected chi connectivity index (χ4v) is 2.04. The molecule has 1 aliphatic heterocycles. The van der Waals surface area contributed by atoms with Crippen LogP contribution in [0.4, 0.5) is 9.18 Å². The van der Waals surface area contributed by atoms with Gasteiger partial charge in [0, 0.05) is 6.54 Å². The number of ether oxygens (including phenoxy) is 1. The number of rotatable bonds is 3. The van der Waals surface area contributed by atoms with E-state index in [-0.39, 0.29) is 12.6 Å². The lowest BCUT2D eigenvalue weighted by atomic mass is 10.2. The van der Waals surface area contributed by atoms with Crippen molar-refractivity contribution < 1.29 is 13.9 Å². The van der Waals surface area contributed by atoms with Gasteiger partial charge in [0.05, 0.1) is 6.04 Å². The van der Waals surface area contributed by atoms with Crippen molar-refractivity contribution in [3.05, 3.63) is 35.9 Å². The molecule has 0 aromatic heterocycles. The SMILES string of the molecule is O=C(OCc1ccccc1)N1CCC[C@H]1CF. The van der Waals surface area contributed by atoms with Crippen molar-refractivity contribution in [2.45, 2.75) is 25.5 Å². The van der Waals surface area contributed by atoms with Crippen LogP contribution >= 0.6 is 0 Å². The third-order valence-electron chi connectivity index (χ3n) is 2.99. The maximum atomic E-state index is 12.6. The summed E-state index contributed by atoms with van der Waals surface area (Å²) < 4.78 is 17.8. The van der Waals surface area contributed by atoms with Crippen molar-refractivity contribution in [1.29, 1.82) is 0 Å². The molecule has 0 saturated carbocycles. The highest BCUT2D eigenvalue weighted by Crippen LogP contribution is 2.18. The van der Waals surface area contributed by atoms with E-state index < -0.39 is 12.8 Å².